The number of ether oxygens (including phenoxy) is 2. The van der Waals surface area contributed by atoms with E-state index in [1.807, 2.05) is 0 Å². The van der Waals surface area contributed by atoms with Crippen molar-refractivity contribution >= 4 is 34.7 Å². The molecule has 0 aliphatic heterocycles. The van der Waals surface area contributed by atoms with Gasteiger partial charge in [-0.2, -0.15) is 39.5 Å². The topological polar surface area (TPSA) is 103 Å². The van der Waals surface area contributed by atoms with Gasteiger partial charge in [-0.3, -0.25) is 14.6 Å². The van der Waals surface area contributed by atoms with Crippen LogP contribution < -0.4 is 0 Å². The summed E-state index contributed by atoms with van der Waals surface area (Å²) in [5.74, 6) is -4.79. The van der Waals surface area contributed by atoms with E-state index in [-0.39, 0.29) is 12.1 Å². The average molecular weight is 563 g/mol. The van der Waals surface area contributed by atoms with E-state index in [2.05, 4.69) is 26.1 Å². The van der Waals surface area contributed by atoms with Crippen LogP contribution in [-0.4, -0.2) is 65.6 Å². The lowest BCUT2D eigenvalue weighted by Gasteiger charge is -2.26. The van der Waals surface area contributed by atoms with Gasteiger partial charge >= 0.3 is 41.6 Å². The van der Waals surface area contributed by atoms with Crippen LogP contribution in [-0.2, 0) is 34.8 Å². The van der Waals surface area contributed by atoms with Gasteiger partial charge in [0.15, 0.2) is 13.2 Å². The van der Waals surface area contributed by atoms with E-state index in [0.29, 0.717) is 6.20 Å². The molecular formula is C18H16ClF9N2O6. The van der Waals surface area contributed by atoms with E-state index in [9.17, 15) is 58.7 Å². The van der Waals surface area contributed by atoms with Crippen molar-refractivity contribution in [3.63, 3.8) is 0 Å². The molecule has 0 radical (unpaired) electrons. The first kappa shape index (κ1) is 32.9. The van der Waals surface area contributed by atoms with Crippen LogP contribution in [0.5, 0.6) is 0 Å². The van der Waals surface area contributed by atoms with Gasteiger partial charge in [-0.05, 0) is 30.2 Å². The number of hydrogen-bond acceptors (Lipinski definition) is 7. The molecule has 18 heteroatoms. The Labute approximate surface area is 201 Å². The highest BCUT2D eigenvalue weighted by Gasteiger charge is 2.35. The van der Waals surface area contributed by atoms with E-state index in [1.54, 1.807) is 6.92 Å². The van der Waals surface area contributed by atoms with Crippen molar-refractivity contribution in [2.24, 2.45) is 0 Å². The van der Waals surface area contributed by atoms with Crippen molar-refractivity contribution in [1.29, 1.82) is 0 Å². The Morgan fingerprint density at radius 2 is 1.39 bits per heavy atom. The third-order valence-corrected chi connectivity index (χ3v) is 3.85. The highest BCUT2D eigenvalue weighted by Crippen LogP contribution is 2.30. The minimum atomic E-state index is -4.78. The second-order valence-corrected chi connectivity index (χ2v) is 6.81. The number of carbonyl (C=O) groups excluding carboxylic acids is 4. The molecular weight excluding hydrogens is 547 g/mol. The normalized spacial score (nSPS) is 12.6. The fraction of sp³-hybridized carbons (Fsp3) is 0.500. The Kier molecular flexibility index (Phi) is 12.1. The molecule has 0 saturated heterocycles. The Balaban J connectivity index is 0.000000935. The molecule has 0 aromatic carbocycles. The molecule has 0 spiro atoms. The molecule has 1 atom stereocenters. The highest BCUT2D eigenvalue weighted by atomic mass is 35.5. The number of likely N-dealkylation sites (N-methyl/N-ethyl adjacent to an activating group) is 1. The molecule has 1 amide bonds. The summed E-state index contributed by atoms with van der Waals surface area (Å²) in [6.45, 7) is -2.15. The second-order valence-electron chi connectivity index (χ2n) is 6.47. The lowest BCUT2D eigenvalue weighted by atomic mass is 10.1. The molecule has 36 heavy (non-hydrogen) atoms. The van der Waals surface area contributed by atoms with Gasteiger partial charge in [0.2, 0.25) is 0 Å². The maximum absolute atomic E-state index is 12.5. The zero-order chi connectivity index (χ0) is 28.5. The average Bonchev–Trinajstić information content (AvgIpc) is 2.74. The number of amides is 1. The third-order valence-electron chi connectivity index (χ3n) is 3.70. The summed E-state index contributed by atoms with van der Waals surface area (Å²) in [5, 5.41) is -1.57. The number of nitrogens with zero attached hydrogens (tertiary/aromatic N) is 2. The molecule has 204 valence electrons. The van der Waals surface area contributed by atoms with Gasteiger partial charge in [0.1, 0.15) is 0 Å². The molecule has 1 aromatic rings. The fourth-order valence-electron chi connectivity index (χ4n) is 2.15. The van der Waals surface area contributed by atoms with Crippen molar-refractivity contribution in [3.8, 4) is 0 Å². The predicted octanol–water partition coefficient (Wildman–Crippen LogP) is 3.97. The Morgan fingerprint density at radius 3 is 1.72 bits per heavy atom. The second kappa shape index (κ2) is 13.3. The third kappa shape index (κ3) is 12.6. The zero-order valence-corrected chi connectivity index (χ0v) is 18.8. The zero-order valence-electron chi connectivity index (χ0n) is 18.1. The van der Waals surface area contributed by atoms with Crippen LogP contribution in [0.3, 0.4) is 0 Å². The number of pyridine rings is 1. The summed E-state index contributed by atoms with van der Waals surface area (Å²) in [4.78, 5) is 47.4. The number of esters is 2. The minimum absolute atomic E-state index is 0.0509. The fourth-order valence-corrected chi connectivity index (χ4v) is 2.20. The van der Waals surface area contributed by atoms with Gasteiger partial charge < -0.3 is 14.4 Å². The van der Waals surface area contributed by atoms with E-state index in [0.717, 1.165) is 24.1 Å². The SMILES string of the molecule is CCC(c1ccc(C(F)(F)F)cn1)N(C)C(=O)C(=O)OCC(F)(F)F.O=C(Cl)C(=O)OCC(F)(F)F. The van der Waals surface area contributed by atoms with Crippen molar-refractivity contribution in [2.75, 3.05) is 20.3 Å². The molecule has 0 aliphatic rings. The van der Waals surface area contributed by atoms with Crippen molar-refractivity contribution in [3.05, 3.63) is 29.6 Å². The van der Waals surface area contributed by atoms with Crippen LogP contribution in [0.25, 0.3) is 0 Å². The van der Waals surface area contributed by atoms with Crippen LogP contribution in [0.4, 0.5) is 39.5 Å². The van der Waals surface area contributed by atoms with Crippen molar-refractivity contribution < 1.29 is 68.2 Å². The van der Waals surface area contributed by atoms with E-state index in [4.69, 9.17) is 0 Å². The number of carbonyl (C=O) groups is 4. The summed E-state index contributed by atoms with van der Waals surface area (Å²) in [6, 6.07) is 0.876. The van der Waals surface area contributed by atoms with Gasteiger partial charge in [0.05, 0.1) is 17.3 Å². The molecule has 0 aliphatic carbocycles. The summed E-state index contributed by atoms with van der Waals surface area (Å²) in [5.41, 5.74) is -0.945. The van der Waals surface area contributed by atoms with Gasteiger partial charge in [0.25, 0.3) is 0 Å². The molecule has 0 fully saturated rings. The smallest absolute Gasteiger partial charge is 0.422 e. The van der Waals surface area contributed by atoms with Crippen LogP contribution in [0.1, 0.15) is 30.6 Å². The van der Waals surface area contributed by atoms with E-state index in [1.165, 1.54) is 0 Å². The standard InChI is InChI=1S/C14H14F6N2O3.C4H2ClF3O3/c1-3-10(9-5-4-8(6-21-9)14(18,19)20)22(2)11(23)12(24)25-7-13(15,16)17;5-2(9)3(10)11-1-4(6,7)8/h4-6,10H,3,7H2,1-2H3;1H2. The van der Waals surface area contributed by atoms with Crippen LogP contribution in [0.2, 0.25) is 0 Å². The molecule has 1 aromatic heterocycles. The number of aromatic nitrogens is 1. The lowest BCUT2D eigenvalue weighted by molar-refractivity contribution is -0.189. The van der Waals surface area contributed by atoms with Crippen LogP contribution in [0.15, 0.2) is 18.3 Å². The lowest BCUT2D eigenvalue weighted by Crippen LogP contribution is -2.38. The molecule has 0 bridgehead atoms. The van der Waals surface area contributed by atoms with E-state index >= 15 is 0 Å². The van der Waals surface area contributed by atoms with Gasteiger partial charge in [-0.25, -0.2) is 9.59 Å². The van der Waals surface area contributed by atoms with Crippen molar-refractivity contribution in [1.82, 2.24) is 9.88 Å². The molecule has 1 rings (SSSR count). The van der Waals surface area contributed by atoms with Gasteiger partial charge in [0, 0.05) is 13.2 Å². The quantitative estimate of drug-likeness (QED) is 0.224. The number of alkyl halides is 9. The molecule has 1 unspecified atom stereocenters. The number of rotatable bonds is 6. The predicted molar refractivity (Wildman–Crippen MR) is 99.9 cm³/mol. The van der Waals surface area contributed by atoms with Crippen LogP contribution in [0, 0.1) is 0 Å². The van der Waals surface area contributed by atoms with Crippen molar-refractivity contribution in [2.45, 2.75) is 37.9 Å². The molecule has 8 nitrogen and oxygen atoms in total. The Morgan fingerprint density at radius 1 is 0.917 bits per heavy atom. The minimum Gasteiger partial charge on any atom is -0.449 e. The first-order valence-corrected chi connectivity index (χ1v) is 9.54. The van der Waals surface area contributed by atoms with E-state index < -0.39 is 66.4 Å². The molecule has 1 heterocycles. The van der Waals surface area contributed by atoms with Crippen LogP contribution >= 0.6 is 11.6 Å². The molecule has 0 saturated carbocycles. The molecule has 0 N–H and O–H groups in total. The maximum Gasteiger partial charge on any atom is 0.422 e. The summed E-state index contributed by atoms with van der Waals surface area (Å²) >= 11 is 4.48. The largest absolute Gasteiger partial charge is 0.449 e. The van der Waals surface area contributed by atoms with Gasteiger partial charge in [-0.15, -0.1) is 0 Å². The number of hydrogen-bond donors (Lipinski definition) is 0. The first-order valence-electron chi connectivity index (χ1n) is 9.16. The summed E-state index contributed by atoms with van der Waals surface area (Å²) in [7, 11) is 1.12. The summed E-state index contributed by atoms with van der Waals surface area (Å²) < 4.78 is 115. The van der Waals surface area contributed by atoms with Gasteiger partial charge in [-0.1, -0.05) is 6.92 Å². The highest BCUT2D eigenvalue weighted by molar-refractivity contribution is 6.80. The Bertz CT molecular complexity index is 918. The number of halogens is 10. The Hall–Kier alpha value is -3.11. The summed E-state index contributed by atoms with van der Waals surface area (Å²) in [6.07, 6.45) is -13.3. The monoisotopic (exact) mass is 562 g/mol. The maximum atomic E-state index is 12.5. The first-order chi connectivity index (χ1) is 16.2.